The summed E-state index contributed by atoms with van der Waals surface area (Å²) in [6, 6.07) is -1.52. The molecule has 0 heterocycles. The molecule has 0 aromatic heterocycles. The van der Waals surface area contributed by atoms with Gasteiger partial charge in [-0.15, -0.1) is 0 Å². The van der Waals surface area contributed by atoms with Crippen molar-refractivity contribution in [3.05, 3.63) is 24.3 Å². The number of phosphoric ester groups is 1. The van der Waals surface area contributed by atoms with E-state index in [0.717, 1.165) is 57.8 Å². The van der Waals surface area contributed by atoms with E-state index in [1.165, 1.54) is 122 Å². The van der Waals surface area contributed by atoms with E-state index in [-0.39, 0.29) is 19.4 Å². The zero-order valence-corrected chi connectivity index (χ0v) is 37.8. The van der Waals surface area contributed by atoms with Crippen LogP contribution in [0.2, 0.25) is 0 Å². The van der Waals surface area contributed by atoms with Crippen molar-refractivity contribution in [2.45, 2.75) is 231 Å². The molecule has 12 heteroatoms. The molecule has 1 unspecified atom stereocenters. The van der Waals surface area contributed by atoms with E-state index in [1.807, 2.05) is 0 Å². The average Bonchev–Trinajstić information content (AvgIpc) is 3.20. The van der Waals surface area contributed by atoms with E-state index in [4.69, 9.17) is 24.8 Å². The number of rotatable bonds is 44. The molecule has 0 bridgehead atoms. The van der Waals surface area contributed by atoms with Gasteiger partial charge in [0.1, 0.15) is 12.6 Å². The van der Waals surface area contributed by atoms with E-state index in [9.17, 15) is 23.8 Å². The number of unbranched alkanes of at least 4 members (excludes halogenated alkanes) is 26. The molecule has 0 rings (SSSR count). The van der Waals surface area contributed by atoms with Gasteiger partial charge in [0.25, 0.3) is 0 Å². The minimum atomic E-state index is -4.72. The molecule has 3 atom stereocenters. The van der Waals surface area contributed by atoms with Crippen LogP contribution in [0.1, 0.15) is 219 Å². The second kappa shape index (κ2) is 41.7. The average molecular weight is 844 g/mol. The Morgan fingerprint density at radius 1 is 0.517 bits per heavy atom. The van der Waals surface area contributed by atoms with Crippen LogP contribution in [0.25, 0.3) is 0 Å². The maximum Gasteiger partial charge on any atom is 0.472 e. The predicted octanol–water partition coefficient (Wildman–Crippen LogP) is 12.6. The second-order valence-electron chi connectivity index (χ2n) is 15.9. The third-order valence-electron chi connectivity index (χ3n) is 10.2. The predicted molar refractivity (Wildman–Crippen MR) is 236 cm³/mol. The summed E-state index contributed by atoms with van der Waals surface area (Å²) in [5, 5.41) is 8.90. The summed E-state index contributed by atoms with van der Waals surface area (Å²) in [7, 11) is -4.72. The number of carboxylic acids is 1. The molecule has 0 radical (unpaired) electrons. The third-order valence-corrected chi connectivity index (χ3v) is 11.1. The van der Waals surface area contributed by atoms with E-state index >= 15 is 0 Å². The Labute approximate surface area is 353 Å². The van der Waals surface area contributed by atoms with Crippen molar-refractivity contribution in [3.63, 3.8) is 0 Å². The highest BCUT2D eigenvalue weighted by molar-refractivity contribution is 7.47. The number of ether oxygens (including phenoxy) is 2. The van der Waals surface area contributed by atoms with Gasteiger partial charge >= 0.3 is 25.7 Å². The van der Waals surface area contributed by atoms with Crippen molar-refractivity contribution >= 4 is 25.7 Å². The lowest BCUT2D eigenvalue weighted by atomic mass is 10.1. The summed E-state index contributed by atoms with van der Waals surface area (Å²) in [5.41, 5.74) is 5.34. The summed E-state index contributed by atoms with van der Waals surface area (Å²) >= 11 is 0. The quantitative estimate of drug-likeness (QED) is 0.0231. The van der Waals surface area contributed by atoms with Gasteiger partial charge in [-0.2, -0.15) is 0 Å². The Morgan fingerprint density at radius 3 is 1.26 bits per heavy atom. The smallest absolute Gasteiger partial charge is 0.472 e. The first-order valence-electron chi connectivity index (χ1n) is 23.4. The summed E-state index contributed by atoms with van der Waals surface area (Å²) in [4.78, 5) is 46.0. The highest BCUT2D eigenvalue weighted by Crippen LogP contribution is 2.43. The zero-order valence-electron chi connectivity index (χ0n) is 36.9. The molecule has 11 nitrogen and oxygen atoms in total. The molecule has 0 aliphatic heterocycles. The maximum absolute atomic E-state index is 12.7. The molecule has 0 fully saturated rings. The van der Waals surface area contributed by atoms with Gasteiger partial charge in [0.2, 0.25) is 0 Å². The van der Waals surface area contributed by atoms with Gasteiger partial charge in [-0.1, -0.05) is 167 Å². The van der Waals surface area contributed by atoms with Crippen molar-refractivity contribution in [1.29, 1.82) is 0 Å². The molecule has 4 N–H and O–H groups in total. The van der Waals surface area contributed by atoms with Crippen LogP contribution < -0.4 is 5.73 Å². The van der Waals surface area contributed by atoms with Gasteiger partial charge in [-0.05, 0) is 64.2 Å². The lowest BCUT2D eigenvalue weighted by Gasteiger charge is -2.20. The van der Waals surface area contributed by atoms with Crippen molar-refractivity contribution in [2.24, 2.45) is 5.73 Å². The van der Waals surface area contributed by atoms with Crippen LogP contribution in [0.4, 0.5) is 0 Å². The van der Waals surface area contributed by atoms with Gasteiger partial charge in [0.15, 0.2) is 6.10 Å². The fourth-order valence-electron chi connectivity index (χ4n) is 6.47. The summed E-state index contributed by atoms with van der Waals surface area (Å²) in [6.07, 6.45) is 43.8. The number of nitrogens with two attached hydrogens (primary N) is 1. The Morgan fingerprint density at radius 2 is 0.862 bits per heavy atom. The SMILES string of the molecule is CCCCCCCC/C=C\CCCCCCCCCCCC(=O)O[C@H](COC(=O)CCCCCCC/C=C\CCCCCCCC)COP(=O)(O)OC[C@H](N)C(=O)O. The zero-order chi connectivity index (χ0) is 42.8. The van der Waals surface area contributed by atoms with E-state index in [2.05, 4.69) is 42.7 Å². The number of carboxylic acid groups (broad SMARTS) is 1. The van der Waals surface area contributed by atoms with Crippen molar-refractivity contribution < 1.29 is 47.5 Å². The molecular formula is C46H86NO10P. The van der Waals surface area contributed by atoms with Gasteiger partial charge in [0, 0.05) is 12.8 Å². The van der Waals surface area contributed by atoms with Crippen LogP contribution in [0.3, 0.4) is 0 Å². The third kappa shape index (κ3) is 40.7. The number of allylic oxidation sites excluding steroid dienone is 4. The number of esters is 2. The fraction of sp³-hybridized carbons (Fsp3) is 0.848. The van der Waals surface area contributed by atoms with Crippen molar-refractivity contribution in [1.82, 2.24) is 0 Å². The monoisotopic (exact) mass is 844 g/mol. The summed E-state index contributed by atoms with van der Waals surface area (Å²) in [5.74, 6) is -2.38. The van der Waals surface area contributed by atoms with Gasteiger partial charge in [0.05, 0.1) is 13.2 Å². The first-order chi connectivity index (χ1) is 28.1. The highest BCUT2D eigenvalue weighted by Gasteiger charge is 2.28. The van der Waals surface area contributed by atoms with Crippen LogP contribution in [-0.4, -0.2) is 59.9 Å². The topological polar surface area (TPSA) is 172 Å². The van der Waals surface area contributed by atoms with Crippen LogP contribution in [0, 0.1) is 0 Å². The first kappa shape index (κ1) is 56.0. The Hall–Kier alpha value is -2.04. The molecule has 0 aromatic rings. The number of carbonyl (C=O) groups excluding carboxylic acids is 2. The fourth-order valence-corrected chi connectivity index (χ4v) is 7.24. The molecular weight excluding hydrogens is 757 g/mol. The lowest BCUT2D eigenvalue weighted by molar-refractivity contribution is -0.161. The molecule has 0 aliphatic rings. The standard InChI is InChI=1S/C46H86NO10P/c1-3-5-7-9-11-13-15-17-19-20-21-22-24-26-28-30-32-34-36-38-45(49)57-42(40-55-58(52,53)56-41-43(47)46(50)51)39-54-44(48)37-35-33-31-29-27-25-23-18-16-14-12-10-8-6-4-2/h17-19,23,42-43H,3-16,20-22,24-41,47H2,1-2H3,(H,50,51)(H,52,53)/b19-17-,23-18-/t42-,43+/m1/s1. The normalized spacial score (nSPS) is 13.9. The molecule has 340 valence electrons. The maximum atomic E-state index is 12.7. The van der Waals surface area contributed by atoms with E-state index in [0.29, 0.717) is 12.8 Å². The highest BCUT2D eigenvalue weighted by atomic mass is 31.2. The van der Waals surface area contributed by atoms with Crippen LogP contribution in [0.15, 0.2) is 24.3 Å². The van der Waals surface area contributed by atoms with Crippen LogP contribution in [-0.2, 0) is 37.5 Å². The minimum Gasteiger partial charge on any atom is -0.480 e. The molecule has 0 aromatic carbocycles. The lowest BCUT2D eigenvalue weighted by Crippen LogP contribution is -2.34. The van der Waals surface area contributed by atoms with Crippen LogP contribution >= 0.6 is 7.82 Å². The summed E-state index contributed by atoms with van der Waals surface area (Å²) < 4.78 is 32.7. The molecule has 58 heavy (non-hydrogen) atoms. The largest absolute Gasteiger partial charge is 0.480 e. The van der Waals surface area contributed by atoms with Gasteiger partial charge in [-0.25, -0.2) is 4.57 Å². The van der Waals surface area contributed by atoms with Gasteiger partial charge < -0.3 is 25.2 Å². The Balaban J connectivity index is 4.31. The van der Waals surface area contributed by atoms with E-state index in [1.54, 1.807) is 0 Å². The molecule has 0 saturated carbocycles. The molecule has 0 aliphatic carbocycles. The molecule has 0 amide bonds. The minimum absolute atomic E-state index is 0.159. The number of carbonyl (C=O) groups is 3. The number of aliphatic carboxylic acids is 1. The Bertz CT molecular complexity index is 1080. The molecule has 0 saturated heterocycles. The Kier molecular flexibility index (Phi) is 40.2. The van der Waals surface area contributed by atoms with Crippen molar-refractivity contribution in [3.8, 4) is 0 Å². The first-order valence-corrected chi connectivity index (χ1v) is 24.9. The van der Waals surface area contributed by atoms with Crippen molar-refractivity contribution in [2.75, 3.05) is 19.8 Å². The molecule has 0 spiro atoms. The number of hydrogen-bond donors (Lipinski definition) is 3. The number of phosphoric acid groups is 1. The van der Waals surface area contributed by atoms with Crippen LogP contribution in [0.5, 0.6) is 0 Å². The summed E-state index contributed by atoms with van der Waals surface area (Å²) in [6.45, 7) is 2.81. The number of hydrogen-bond acceptors (Lipinski definition) is 9. The second-order valence-corrected chi connectivity index (χ2v) is 17.3. The van der Waals surface area contributed by atoms with Gasteiger partial charge in [-0.3, -0.25) is 23.4 Å². The van der Waals surface area contributed by atoms with E-state index < -0.39 is 51.1 Å².